The molecule has 0 saturated heterocycles. The molecule has 2 aromatic rings. The molecule has 182 valence electrons. The molecular formula is C30H35N3O2. The van der Waals surface area contributed by atoms with Gasteiger partial charge < -0.3 is 19.7 Å². The third kappa shape index (κ3) is 5.68. The number of unbranched alkanes of at least 4 members (excludes halogenated alkanes) is 1. The number of allylic oxidation sites excluding steroid dienone is 3. The quantitative estimate of drug-likeness (QED) is 0.175. The van der Waals surface area contributed by atoms with Gasteiger partial charge in [-0.3, -0.25) is 0 Å². The van der Waals surface area contributed by atoms with Gasteiger partial charge in [-0.15, -0.1) is 6.58 Å². The molecule has 0 bridgehead atoms. The van der Waals surface area contributed by atoms with E-state index in [1.165, 1.54) is 16.8 Å². The zero-order chi connectivity index (χ0) is 24.8. The summed E-state index contributed by atoms with van der Waals surface area (Å²) in [5, 5.41) is 10.1. The number of aryl methyl sites for hydroxylation is 2. The van der Waals surface area contributed by atoms with Crippen LogP contribution in [0.3, 0.4) is 0 Å². The summed E-state index contributed by atoms with van der Waals surface area (Å²) in [5.74, 6) is 1.10. The Morgan fingerprint density at radius 1 is 1.26 bits per heavy atom. The Bertz CT molecular complexity index is 1230. The highest BCUT2D eigenvalue weighted by Crippen LogP contribution is 2.35. The minimum absolute atomic E-state index is 0.139. The number of hydrogen-bond acceptors (Lipinski definition) is 4. The number of methoxy groups -OCH3 is 1. The molecule has 2 N–H and O–H groups in total. The number of benzene rings is 1. The second-order valence-corrected chi connectivity index (χ2v) is 9.06. The van der Waals surface area contributed by atoms with E-state index < -0.39 is 0 Å². The van der Waals surface area contributed by atoms with Gasteiger partial charge in [0.1, 0.15) is 17.2 Å². The van der Waals surface area contributed by atoms with E-state index in [0.29, 0.717) is 5.76 Å². The van der Waals surface area contributed by atoms with Gasteiger partial charge >= 0.3 is 0 Å². The molecule has 2 aliphatic rings. The highest BCUT2D eigenvalue weighted by Gasteiger charge is 2.34. The molecule has 1 unspecified atom stereocenters. The lowest BCUT2D eigenvalue weighted by atomic mass is 10.1. The number of anilines is 1. The summed E-state index contributed by atoms with van der Waals surface area (Å²) in [7, 11) is 1.70. The molecule has 3 heterocycles. The van der Waals surface area contributed by atoms with Crippen LogP contribution in [-0.2, 0) is 11.2 Å². The average Bonchev–Trinajstić information content (AvgIpc) is 3.51. The normalized spacial score (nSPS) is 18.8. The third-order valence-corrected chi connectivity index (χ3v) is 6.45. The summed E-state index contributed by atoms with van der Waals surface area (Å²) < 4.78 is 5.70. The molecule has 1 aromatic carbocycles. The first-order valence-corrected chi connectivity index (χ1v) is 12.2. The van der Waals surface area contributed by atoms with E-state index in [-0.39, 0.29) is 6.04 Å². The van der Waals surface area contributed by atoms with Gasteiger partial charge in [0.25, 0.3) is 0 Å². The SMILES string of the molecule is C=CCC/C=C(O)\C=C/CCN1c2ccccc2CC1C1=N/C(=C\c2[nH]c(C)cc2C)C(OC)=C1. The van der Waals surface area contributed by atoms with Crippen molar-refractivity contribution >= 4 is 17.5 Å². The third-order valence-electron chi connectivity index (χ3n) is 6.45. The lowest BCUT2D eigenvalue weighted by Crippen LogP contribution is -2.38. The number of aromatic amines is 1. The maximum absolute atomic E-state index is 10.1. The number of aromatic nitrogens is 1. The number of aliphatic imine (C=N–C) groups is 1. The van der Waals surface area contributed by atoms with E-state index >= 15 is 0 Å². The van der Waals surface area contributed by atoms with Crippen molar-refractivity contribution in [2.24, 2.45) is 4.99 Å². The number of rotatable bonds is 10. The lowest BCUT2D eigenvalue weighted by molar-refractivity contribution is 0.303. The number of para-hydroxylation sites is 1. The van der Waals surface area contributed by atoms with E-state index in [1.54, 1.807) is 13.2 Å². The first-order chi connectivity index (χ1) is 17.0. The van der Waals surface area contributed by atoms with Crippen LogP contribution in [0.1, 0.15) is 41.8 Å². The average molecular weight is 470 g/mol. The van der Waals surface area contributed by atoms with Gasteiger partial charge in [0, 0.05) is 36.1 Å². The molecule has 1 atom stereocenters. The zero-order valence-electron chi connectivity index (χ0n) is 20.9. The van der Waals surface area contributed by atoms with Crippen LogP contribution >= 0.6 is 0 Å². The number of nitrogens with one attached hydrogen (secondary N) is 1. The molecule has 0 saturated carbocycles. The van der Waals surface area contributed by atoms with E-state index in [4.69, 9.17) is 9.73 Å². The van der Waals surface area contributed by atoms with E-state index in [2.05, 4.69) is 72.8 Å². The van der Waals surface area contributed by atoms with Gasteiger partial charge in [0.15, 0.2) is 0 Å². The van der Waals surface area contributed by atoms with Gasteiger partial charge in [-0.25, -0.2) is 4.99 Å². The number of H-pyrrole nitrogens is 1. The second-order valence-electron chi connectivity index (χ2n) is 9.06. The summed E-state index contributed by atoms with van der Waals surface area (Å²) in [5.41, 5.74) is 7.82. The van der Waals surface area contributed by atoms with E-state index in [9.17, 15) is 5.11 Å². The molecule has 0 radical (unpaired) electrons. The van der Waals surface area contributed by atoms with Crippen molar-refractivity contribution in [3.63, 3.8) is 0 Å². The summed E-state index contributed by atoms with van der Waals surface area (Å²) in [6, 6.07) is 10.8. The number of ether oxygens (including phenoxy) is 1. The number of fused-ring (bicyclic) bond motifs is 1. The highest BCUT2D eigenvalue weighted by molar-refractivity contribution is 6.06. The van der Waals surface area contributed by atoms with Crippen LogP contribution in [0, 0.1) is 13.8 Å². The fourth-order valence-corrected chi connectivity index (χ4v) is 4.73. The van der Waals surface area contributed by atoms with Crippen molar-refractivity contribution in [2.45, 2.75) is 45.6 Å². The van der Waals surface area contributed by atoms with Crippen LogP contribution in [0.5, 0.6) is 0 Å². The van der Waals surface area contributed by atoms with Crippen molar-refractivity contribution in [3.05, 3.63) is 107 Å². The minimum atomic E-state index is 0.139. The summed E-state index contributed by atoms with van der Waals surface area (Å²) in [4.78, 5) is 10.9. The standard InChI is InChI=1S/C30H35N3O2/c1-5-6-7-13-24(34)14-10-11-16-33-28-15-9-8-12-23(28)18-29(33)26-20-30(35-4)27(32-26)19-25-21(2)17-22(3)31-25/h5,8-10,12-15,17,19-20,29,31,34H,1,6-7,11,16,18H2,2-4H3/b14-10-,24-13+,27-19-. The number of hydrogen-bond donors (Lipinski definition) is 2. The number of aliphatic hydroxyl groups is 1. The minimum Gasteiger partial charge on any atom is -0.508 e. The van der Waals surface area contributed by atoms with Crippen LogP contribution in [0.25, 0.3) is 6.08 Å². The van der Waals surface area contributed by atoms with E-state index in [0.717, 1.165) is 60.8 Å². The van der Waals surface area contributed by atoms with Gasteiger partial charge in [0.05, 0.1) is 18.9 Å². The summed E-state index contributed by atoms with van der Waals surface area (Å²) >= 11 is 0. The molecule has 5 heteroatoms. The fraction of sp³-hybridized carbons (Fsp3) is 0.300. The summed E-state index contributed by atoms with van der Waals surface area (Å²) in [6.45, 7) is 8.71. The van der Waals surface area contributed by atoms with Crippen LogP contribution in [0.2, 0.25) is 0 Å². The Morgan fingerprint density at radius 3 is 2.83 bits per heavy atom. The maximum Gasteiger partial charge on any atom is 0.146 e. The predicted octanol–water partition coefficient (Wildman–Crippen LogP) is 6.74. The van der Waals surface area contributed by atoms with Crippen molar-refractivity contribution in [2.75, 3.05) is 18.6 Å². The molecule has 5 nitrogen and oxygen atoms in total. The fourth-order valence-electron chi connectivity index (χ4n) is 4.73. The maximum atomic E-state index is 10.1. The molecule has 0 aliphatic carbocycles. The number of aliphatic hydroxyl groups excluding tert-OH is 1. The van der Waals surface area contributed by atoms with Crippen LogP contribution in [0.15, 0.2) is 89.5 Å². The zero-order valence-corrected chi connectivity index (χ0v) is 20.9. The monoisotopic (exact) mass is 469 g/mol. The Morgan fingerprint density at radius 2 is 2.09 bits per heavy atom. The molecule has 0 fully saturated rings. The molecule has 4 rings (SSSR count). The van der Waals surface area contributed by atoms with E-state index in [1.807, 2.05) is 18.2 Å². The summed E-state index contributed by atoms with van der Waals surface area (Å²) in [6.07, 6.45) is 15.0. The van der Waals surface area contributed by atoms with Crippen molar-refractivity contribution in [1.29, 1.82) is 0 Å². The molecule has 35 heavy (non-hydrogen) atoms. The Labute approximate surface area is 208 Å². The second kappa shape index (κ2) is 11.1. The van der Waals surface area contributed by atoms with Gasteiger partial charge in [-0.1, -0.05) is 30.4 Å². The largest absolute Gasteiger partial charge is 0.508 e. The van der Waals surface area contributed by atoms with Gasteiger partial charge in [-0.2, -0.15) is 0 Å². The predicted molar refractivity (Wildman–Crippen MR) is 146 cm³/mol. The Hall–Kier alpha value is -3.73. The Kier molecular flexibility index (Phi) is 7.76. The van der Waals surface area contributed by atoms with Crippen LogP contribution in [-0.4, -0.2) is 35.5 Å². The van der Waals surface area contributed by atoms with Crippen LogP contribution in [0.4, 0.5) is 5.69 Å². The smallest absolute Gasteiger partial charge is 0.146 e. The highest BCUT2D eigenvalue weighted by atomic mass is 16.5. The molecule has 0 amide bonds. The molecular weight excluding hydrogens is 434 g/mol. The van der Waals surface area contributed by atoms with Crippen LogP contribution < -0.4 is 4.90 Å². The topological polar surface area (TPSA) is 60.8 Å². The lowest BCUT2D eigenvalue weighted by Gasteiger charge is -2.26. The van der Waals surface area contributed by atoms with Crippen molar-refractivity contribution in [1.82, 2.24) is 4.98 Å². The molecule has 0 spiro atoms. The first-order valence-electron chi connectivity index (χ1n) is 12.2. The van der Waals surface area contributed by atoms with Gasteiger partial charge in [-0.05, 0) is 74.6 Å². The van der Waals surface area contributed by atoms with Crippen molar-refractivity contribution in [3.8, 4) is 0 Å². The molecule has 1 aromatic heterocycles. The Balaban J connectivity index is 1.54. The number of nitrogens with zero attached hydrogens (tertiary/aromatic N) is 2. The molecule has 2 aliphatic heterocycles. The first kappa shape index (κ1) is 24.4. The van der Waals surface area contributed by atoms with Crippen molar-refractivity contribution < 1.29 is 9.84 Å². The van der Waals surface area contributed by atoms with Gasteiger partial charge in [0.2, 0.25) is 0 Å².